The van der Waals surface area contributed by atoms with E-state index in [1.165, 1.54) is 0 Å². The van der Waals surface area contributed by atoms with Gasteiger partial charge in [-0.3, -0.25) is 4.79 Å². The molecular formula is C17H16BrNO3. The van der Waals surface area contributed by atoms with E-state index in [0.29, 0.717) is 11.5 Å². The molecule has 2 aromatic carbocycles. The van der Waals surface area contributed by atoms with Gasteiger partial charge in [0.15, 0.2) is 11.5 Å². The second kappa shape index (κ2) is 6.40. The van der Waals surface area contributed by atoms with Gasteiger partial charge < -0.3 is 14.8 Å². The molecule has 2 atom stereocenters. The van der Waals surface area contributed by atoms with Crippen molar-refractivity contribution in [1.29, 1.82) is 0 Å². The minimum Gasteiger partial charge on any atom is -0.485 e. The Balaban J connectivity index is 1.67. The van der Waals surface area contributed by atoms with Crippen molar-refractivity contribution in [3.05, 3.63) is 58.6 Å². The van der Waals surface area contributed by atoms with Crippen molar-refractivity contribution in [2.75, 3.05) is 6.61 Å². The van der Waals surface area contributed by atoms with Crippen LogP contribution in [-0.2, 0) is 4.79 Å². The third kappa shape index (κ3) is 3.09. The van der Waals surface area contributed by atoms with Gasteiger partial charge in [0, 0.05) is 4.47 Å². The van der Waals surface area contributed by atoms with E-state index in [9.17, 15) is 4.79 Å². The van der Waals surface area contributed by atoms with Crippen LogP contribution in [0.1, 0.15) is 18.5 Å². The van der Waals surface area contributed by atoms with Crippen LogP contribution in [0.2, 0.25) is 0 Å². The van der Waals surface area contributed by atoms with Crippen LogP contribution in [0.25, 0.3) is 0 Å². The van der Waals surface area contributed by atoms with E-state index < -0.39 is 6.10 Å². The van der Waals surface area contributed by atoms with Gasteiger partial charge in [0.2, 0.25) is 6.10 Å². The average molecular weight is 362 g/mol. The van der Waals surface area contributed by atoms with Crippen molar-refractivity contribution in [2.24, 2.45) is 0 Å². The number of para-hydroxylation sites is 2. The molecule has 2 aromatic rings. The van der Waals surface area contributed by atoms with Crippen molar-refractivity contribution in [2.45, 2.75) is 19.1 Å². The van der Waals surface area contributed by atoms with Crippen LogP contribution in [0.3, 0.4) is 0 Å². The molecule has 1 N–H and O–H groups in total. The van der Waals surface area contributed by atoms with E-state index in [1.54, 1.807) is 6.07 Å². The fourth-order valence-corrected chi connectivity index (χ4v) is 2.99. The van der Waals surface area contributed by atoms with Gasteiger partial charge in [-0.05, 0) is 30.7 Å². The van der Waals surface area contributed by atoms with Crippen molar-refractivity contribution >= 4 is 21.8 Å². The lowest BCUT2D eigenvalue weighted by atomic mass is 10.1. The Kier molecular flexibility index (Phi) is 4.34. The van der Waals surface area contributed by atoms with Crippen molar-refractivity contribution in [3.8, 4) is 11.5 Å². The molecule has 1 amide bonds. The van der Waals surface area contributed by atoms with Gasteiger partial charge in [-0.2, -0.15) is 0 Å². The summed E-state index contributed by atoms with van der Waals surface area (Å²) in [5, 5.41) is 2.96. The lowest BCUT2D eigenvalue weighted by molar-refractivity contribution is -0.131. The zero-order valence-corrected chi connectivity index (χ0v) is 13.7. The number of nitrogens with one attached hydrogen (secondary N) is 1. The molecule has 1 aliphatic heterocycles. The second-order valence-corrected chi connectivity index (χ2v) is 5.97. The van der Waals surface area contributed by atoms with E-state index in [2.05, 4.69) is 21.2 Å². The van der Waals surface area contributed by atoms with E-state index in [4.69, 9.17) is 9.47 Å². The van der Waals surface area contributed by atoms with Crippen LogP contribution >= 0.6 is 15.9 Å². The summed E-state index contributed by atoms with van der Waals surface area (Å²) in [5.74, 6) is 1.09. The molecule has 0 aromatic heterocycles. The summed E-state index contributed by atoms with van der Waals surface area (Å²) in [4.78, 5) is 12.4. The number of benzene rings is 2. The highest BCUT2D eigenvalue weighted by atomic mass is 79.9. The van der Waals surface area contributed by atoms with Gasteiger partial charge in [0.1, 0.15) is 6.61 Å². The topological polar surface area (TPSA) is 47.6 Å². The predicted octanol–water partition coefficient (Wildman–Crippen LogP) is 3.47. The molecular weight excluding hydrogens is 346 g/mol. The van der Waals surface area contributed by atoms with Crippen molar-refractivity contribution in [3.63, 3.8) is 0 Å². The molecule has 0 aliphatic carbocycles. The Labute approximate surface area is 137 Å². The quantitative estimate of drug-likeness (QED) is 0.910. The summed E-state index contributed by atoms with van der Waals surface area (Å²) in [5.41, 5.74) is 1.02. The summed E-state index contributed by atoms with van der Waals surface area (Å²) >= 11 is 3.50. The smallest absolute Gasteiger partial charge is 0.265 e. The molecule has 0 unspecified atom stereocenters. The Morgan fingerprint density at radius 1 is 1.18 bits per heavy atom. The van der Waals surface area contributed by atoms with Crippen LogP contribution in [0.4, 0.5) is 0 Å². The van der Waals surface area contributed by atoms with Gasteiger partial charge >= 0.3 is 0 Å². The number of halogens is 1. The highest BCUT2D eigenvalue weighted by Gasteiger charge is 2.28. The van der Waals surface area contributed by atoms with Crippen LogP contribution in [0, 0.1) is 0 Å². The minimum atomic E-state index is -0.639. The first-order chi connectivity index (χ1) is 10.6. The SMILES string of the molecule is C[C@@H](NC(=O)[C@H]1COc2ccccc2O1)c1ccccc1Br. The third-order valence-corrected chi connectivity index (χ3v) is 4.25. The molecule has 3 rings (SSSR count). The maximum atomic E-state index is 12.4. The number of fused-ring (bicyclic) bond motifs is 1. The van der Waals surface area contributed by atoms with Crippen LogP contribution in [0.15, 0.2) is 53.0 Å². The van der Waals surface area contributed by atoms with Crippen molar-refractivity contribution < 1.29 is 14.3 Å². The van der Waals surface area contributed by atoms with Crippen molar-refractivity contribution in [1.82, 2.24) is 5.32 Å². The number of hydrogen-bond acceptors (Lipinski definition) is 3. The molecule has 0 saturated carbocycles. The van der Waals surface area contributed by atoms with Crippen LogP contribution in [0.5, 0.6) is 11.5 Å². The van der Waals surface area contributed by atoms with Gasteiger partial charge in [-0.1, -0.05) is 46.3 Å². The van der Waals surface area contributed by atoms with Gasteiger partial charge in [-0.15, -0.1) is 0 Å². The van der Waals surface area contributed by atoms with E-state index in [-0.39, 0.29) is 18.6 Å². The summed E-state index contributed by atoms with van der Waals surface area (Å²) in [6.45, 7) is 2.15. The third-order valence-electron chi connectivity index (χ3n) is 3.53. The molecule has 114 valence electrons. The molecule has 0 spiro atoms. The molecule has 4 nitrogen and oxygen atoms in total. The molecule has 0 bridgehead atoms. The van der Waals surface area contributed by atoms with E-state index in [0.717, 1.165) is 10.0 Å². The lowest BCUT2D eigenvalue weighted by Crippen LogP contribution is -2.44. The fraction of sp³-hybridized carbons (Fsp3) is 0.235. The number of carbonyl (C=O) groups is 1. The largest absolute Gasteiger partial charge is 0.485 e. The monoisotopic (exact) mass is 361 g/mol. The van der Waals surface area contributed by atoms with Gasteiger partial charge in [-0.25, -0.2) is 0 Å². The van der Waals surface area contributed by atoms with E-state index >= 15 is 0 Å². The highest BCUT2D eigenvalue weighted by molar-refractivity contribution is 9.10. The first kappa shape index (κ1) is 14.9. The molecule has 0 radical (unpaired) electrons. The summed E-state index contributed by atoms with van der Waals surface area (Å²) in [6, 6.07) is 15.0. The average Bonchev–Trinajstić information content (AvgIpc) is 2.54. The maximum absolute atomic E-state index is 12.4. The Hall–Kier alpha value is -2.01. The fourth-order valence-electron chi connectivity index (χ4n) is 2.36. The lowest BCUT2D eigenvalue weighted by Gasteiger charge is -2.27. The Bertz CT molecular complexity index is 689. The number of rotatable bonds is 3. The number of amides is 1. The molecule has 5 heteroatoms. The molecule has 1 heterocycles. The first-order valence-electron chi connectivity index (χ1n) is 7.08. The second-order valence-electron chi connectivity index (χ2n) is 5.12. The minimum absolute atomic E-state index is 0.121. The van der Waals surface area contributed by atoms with Crippen LogP contribution in [-0.4, -0.2) is 18.6 Å². The predicted molar refractivity (Wildman–Crippen MR) is 87.1 cm³/mol. The van der Waals surface area contributed by atoms with Gasteiger partial charge in [0.25, 0.3) is 5.91 Å². The summed E-state index contributed by atoms with van der Waals surface area (Å²) < 4.78 is 12.3. The number of ether oxygens (including phenoxy) is 2. The Morgan fingerprint density at radius 3 is 2.64 bits per heavy atom. The molecule has 22 heavy (non-hydrogen) atoms. The number of hydrogen-bond donors (Lipinski definition) is 1. The highest BCUT2D eigenvalue weighted by Crippen LogP contribution is 2.31. The van der Waals surface area contributed by atoms with Gasteiger partial charge in [0.05, 0.1) is 6.04 Å². The number of carbonyl (C=O) groups excluding carboxylic acids is 1. The first-order valence-corrected chi connectivity index (χ1v) is 7.88. The molecule has 0 saturated heterocycles. The molecule has 0 fully saturated rings. The maximum Gasteiger partial charge on any atom is 0.265 e. The zero-order valence-electron chi connectivity index (χ0n) is 12.1. The van der Waals surface area contributed by atoms with Crippen LogP contribution < -0.4 is 14.8 Å². The standard InChI is InChI=1S/C17H16BrNO3/c1-11(12-6-2-3-7-13(12)18)19-17(20)16-10-21-14-8-4-5-9-15(14)22-16/h2-9,11,16H,10H2,1H3,(H,19,20)/t11-,16-/m1/s1. The Morgan fingerprint density at radius 2 is 1.86 bits per heavy atom. The normalized spacial score (nSPS) is 17.6. The van der Waals surface area contributed by atoms with E-state index in [1.807, 2.05) is 49.4 Å². The zero-order chi connectivity index (χ0) is 15.5. The summed E-state index contributed by atoms with van der Waals surface area (Å²) in [7, 11) is 0. The summed E-state index contributed by atoms with van der Waals surface area (Å²) in [6.07, 6.45) is -0.639. The molecule has 1 aliphatic rings.